The molecule has 0 spiro atoms. The van der Waals surface area contributed by atoms with Gasteiger partial charge in [-0.05, 0) is 38.1 Å². The number of aliphatic hydroxyl groups excluding tert-OH is 1. The highest BCUT2D eigenvalue weighted by atomic mass is 35.5. The van der Waals surface area contributed by atoms with Gasteiger partial charge in [-0.1, -0.05) is 17.7 Å². The van der Waals surface area contributed by atoms with Crippen molar-refractivity contribution in [2.75, 3.05) is 19.7 Å². The molecule has 25 heavy (non-hydrogen) atoms. The molecular weight excluding hydrogens is 345 g/mol. The standard InChI is InChI=1S/C17H17ClFN5O/c18-11-3-1-2-10(13(11)19)14-15-16(24-23-14)22-12(8-21-15)17(9-25)4-6-20-7-5-17/h1-3,8,20,25H,4-7,9H2,(H,22,23,24). The highest BCUT2D eigenvalue weighted by Gasteiger charge is 2.35. The summed E-state index contributed by atoms with van der Waals surface area (Å²) in [6.07, 6.45) is 3.22. The maximum atomic E-state index is 14.3. The first kappa shape index (κ1) is 16.4. The fraction of sp³-hybridized carbons (Fsp3) is 0.353. The van der Waals surface area contributed by atoms with Gasteiger partial charge in [-0.2, -0.15) is 5.10 Å². The van der Waals surface area contributed by atoms with Crippen molar-refractivity contribution in [2.45, 2.75) is 18.3 Å². The first-order valence-corrected chi connectivity index (χ1v) is 8.50. The van der Waals surface area contributed by atoms with Crippen LogP contribution in [0, 0.1) is 5.82 Å². The summed E-state index contributed by atoms with van der Waals surface area (Å²) in [6, 6.07) is 4.78. The van der Waals surface area contributed by atoms with Gasteiger partial charge >= 0.3 is 0 Å². The lowest BCUT2D eigenvalue weighted by molar-refractivity contribution is 0.154. The maximum absolute atomic E-state index is 14.3. The van der Waals surface area contributed by atoms with E-state index in [2.05, 4.69) is 25.5 Å². The van der Waals surface area contributed by atoms with Gasteiger partial charge < -0.3 is 10.4 Å². The summed E-state index contributed by atoms with van der Waals surface area (Å²) >= 11 is 5.87. The number of hydrogen-bond acceptors (Lipinski definition) is 5. The third-order valence-electron chi connectivity index (χ3n) is 4.89. The summed E-state index contributed by atoms with van der Waals surface area (Å²) in [5, 5.41) is 20.2. The van der Waals surface area contributed by atoms with E-state index >= 15 is 0 Å². The van der Waals surface area contributed by atoms with E-state index in [0.29, 0.717) is 28.1 Å². The normalized spacial score (nSPS) is 17.1. The van der Waals surface area contributed by atoms with Crippen molar-refractivity contribution in [3.63, 3.8) is 0 Å². The van der Waals surface area contributed by atoms with Crippen molar-refractivity contribution in [3.05, 3.63) is 40.9 Å². The second-order valence-electron chi connectivity index (χ2n) is 6.32. The first-order chi connectivity index (χ1) is 12.1. The van der Waals surface area contributed by atoms with Gasteiger partial charge in [0.2, 0.25) is 5.65 Å². The Morgan fingerprint density at radius 3 is 2.84 bits per heavy atom. The van der Waals surface area contributed by atoms with Gasteiger partial charge in [-0.15, -0.1) is 0 Å². The molecule has 0 atom stereocenters. The lowest BCUT2D eigenvalue weighted by Gasteiger charge is -2.35. The number of rotatable bonds is 3. The minimum absolute atomic E-state index is 0.00900. The van der Waals surface area contributed by atoms with Crippen LogP contribution in [0.1, 0.15) is 18.5 Å². The van der Waals surface area contributed by atoms with Gasteiger partial charge in [-0.25, -0.2) is 14.4 Å². The van der Waals surface area contributed by atoms with Crippen LogP contribution in [-0.4, -0.2) is 45.0 Å². The van der Waals surface area contributed by atoms with Crippen LogP contribution in [0.3, 0.4) is 0 Å². The van der Waals surface area contributed by atoms with E-state index in [0.717, 1.165) is 25.9 Å². The van der Waals surface area contributed by atoms with Crippen LogP contribution >= 0.6 is 11.6 Å². The number of halogens is 2. The zero-order chi connectivity index (χ0) is 17.4. The Labute approximate surface area is 148 Å². The average Bonchev–Trinajstić information content (AvgIpc) is 3.07. The number of benzene rings is 1. The quantitative estimate of drug-likeness (QED) is 0.667. The van der Waals surface area contributed by atoms with E-state index in [4.69, 9.17) is 11.6 Å². The SMILES string of the molecule is OCC1(c2cnc3c(-c4cccc(Cl)c4F)[nH]nc3n2)CCNCC1. The molecule has 3 heterocycles. The van der Waals surface area contributed by atoms with E-state index in [9.17, 15) is 9.50 Å². The lowest BCUT2D eigenvalue weighted by atomic mass is 9.77. The van der Waals surface area contributed by atoms with Gasteiger partial charge in [0.1, 0.15) is 5.52 Å². The summed E-state index contributed by atoms with van der Waals surface area (Å²) in [7, 11) is 0. The Bertz CT molecular complexity index is 923. The summed E-state index contributed by atoms with van der Waals surface area (Å²) < 4.78 is 14.3. The molecule has 0 radical (unpaired) electrons. The van der Waals surface area contributed by atoms with Crippen molar-refractivity contribution >= 4 is 22.8 Å². The van der Waals surface area contributed by atoms with Crippen molar-refractivity contribution < 1.29 is 9.50 Å². The molecule has 3 aromatic rings. The Hall–Kier alpha value is -2.09. The van der Waals surface area contributed by atoms with Crippen LogP contribution in [0.4, 0.5) is 4.39 Å². The fourth-order valence-electron chi connectivity index (χ4n) is 3.34. The van der Waals surface area contributed by atoms with E-state index in [1.54, 1.807) is 18.3 Å². The van der Waals surface area contributed by atoms with Gasteiger partial charge in [0, 0.05) is 11.0 Å². The predicted molar refractivity (Wildman–Crippen MR) is 93.0 cm³/mol. The molecule has 0 saturated carbocycles. The number of piperidine rings is 1. The molecule has 0 aliphatic carbocycles. The van der Waals surface area contributed by atoms with E-state index in [1.807, 2.05) is 0 Å². The minimum atomic E-state index is -0.522. The van der Waals surface area contributed by atoms with Gasteiger partial charge in [-0.3, -0.25) is 5.10 Å². The second kappa shape index (κ2) is 6.33. The van der Waals surface area contributed by atoms with E-state index in [-0.39, 0.29) is 11.6 Å². The third kappa shape index (κ3) is 2.68. The molecule has 0 bridgehead atoms. The second-order valence-corrected chi connectivity index (χ2v) is 6.72. The largest absolute Gasteiger partial charge is 0.395 e. The first-order valence-electron chi connectivity index (χ1n) is 8.12. The van der Waals surface area contributed by atoms with Crippen LogP contribution in [0.25, 0.3) is 22.4 Å². The molecule has 1 fully saturated rings. The monoisotopic (exact) mass is 361 g/mol. The molecule has 6 nitrogen and oxygen atoms in total. The number of hydrogen-bond donors (Lipinski definition) is 3. The van der Waals surface area contributed by atoms with E-state index < -0.39 is 11.2 Å². The third-order valence-corrected chi connectivity index (χ3v) is 5.18. The maximum Gasteiger partial charge on any atom is 0.200 e. The predicted octanol–water partition coefficient (Wildman–Crippen LogP) is 2.43. The summed E-state index contributed by atoms with van der Waals surface area (Å²) in [5.74, 6) is -0.522. The van der Waals surface area contributed by atoms with E-state index in [1.165, 1.54) is 6.07 Å². The topological polar surface area (TPSA) is 86.7 Å². The Balaban J connectivity index is 1.80. The van der Waals surface area contributed by atoms with Crippen LogP contribution in [0.15, 0.2) is 24.4 Å². The molecular formula is C17H17ClFN5O. The van der Waals surface area contributed by atoms with Gasteiger partial charge in [0.05, 0.1) is 29.2 Å². The Morgan fingerprint density at radius 2 is 2.08 bits per heavy atom. The number of fused-ring (bicyclic) bond motifs is 1. The molecule has 1 saturated heterocycles. The Kier molecular flexibility index (Phi) is 4.15. The van der Waals surface area contributed by atoms with Crippen molar-refractivity contribution in [1.29, 1.82) is 0 Å². The zero-order valence-electron chi connectivity index (χ0n) is 13.4. The number of nitrogens with zero attached hydrogens (tertiary/aromatic N) is 3. The number of aromatic nitrogens is 4. The highest BCUT2D eigenvalue weighted by Crippen LogP contribution is 2.34. The lowest BCUT2D eigenvalue weighted by Crippen LogP contribution is -2.43. The fourth-order valence-corrected chi connectivity index (χ4v) is 3.51. The highest BCUT2D eigenvalue weighted by molar-refractivity contribution is 6.31. The van der Waals surface area contributed by atoms with Crippen molar-refractivity contribution in [3.8, 4) is 11.3 Å². The van der Waals surface area contributed by atoms with Gasteiger partial charge in [0.25, 0.3) is 0 Å². The molecule has 3 N–H and O–H groups in total. The van der Waals surface area contributed by atoms with Crippen molar-refractivity contribution in [2.24, 2.45) is 0 Å². The molecule has 1 aliphatic heterocycles. The molecule has 0 unspecified atom stereocenters. The summed E-state index contributed by atoms with van der Waals surface area (Å²) in [5.41, 5.74) is 1.93. The van der Waals surface area contributed by atoms with Crippen molar-refractivity contribution in [1.82, 2.24) is 25.5 Å². The molecule has 130 valence electrons. The van der Waals surface area contributed by atoms with Gasteiger partial charge in [0.15, 0.2) is 5.82 Å². The molecule has 4 rings (SSSR count). The zero-order valence-corrected chi connectivity index (χ0v) is 14.1. The number of H-pyrrole nitrogens is 1. The summed E-state index contributed by atoms with van der Waals surface area (Å²) in [4.78, 5) is 9.05. The number of nitrogens with one attached hydrogen (secondary N) is 2. The average molecular weight is 362 g/mol. The molecule has 0 amide bonds. The Morgan fingerprint density at radius 1 is 1.28 bits per heavy atom. The van der Waals surface area contributed by atoms with Crippen LogP contribution in [0.2, 0.25) is 5.02 Å². The van der Waals surface area contributed by atoms with Crippen LogP contribution in [0.5, 0.6) is 0 Å². The smallest absolute Gasteiger partial charge is 0.200 e. The minimum Gasteiger partial charge on any atom is -0.395 e. The number of aromatic amines is 1. The summed E-state index contributed by atoms with van der Waals surface area (Å²) in [6.45, 7) is 1.65. The van der Waals surface area contributed by atoms with Crippen LogP contribution < -0.4 is 5.32 Å². The molecule has 1 aromatic carbocycles. The molecule has 8 heteroatoms. The van der Waals surface area contributed by atoms with Crippen LogP contribution in [-0.2, 0) is 5.41 Å². The molecule has 1 aliphatic rings. The number of aliphatic hydroxyl groups is 1. The molecule has 2 aromatic heterocycles.